The second-order valence-electron chi connectivity index (χ2n) is 5.01. The first-order valence-electron chi connectivity index (χ1n) is 6.44. The molecule has 0 amide bonds. The zero-order valence-electron chi connectivity index (χ0n) is 11.8. The summed E-state index contributed by atoms with van der Waals surface area (Å²) in [6.07, 6.45) is 0. The average molecular weight is 294 g/mol. The van der Waals surface area contributed by atoms with Crippen molar-refractivity contribution in [3.05, 3.63) is 24.3 Å². The Morgan fingerprint density at radius 2 is 2.15 bits per heavy atom. The van der Waals surface area contributed by atoms with Crippen LogP contribution in [0.4, 0.5) is 0 Å². The van der Waals surface area contributed by atoms with Gasteiger partial charge in [-0.3, -0.25) is 4.57 Å². The van der Waals surface area contributed by atoms with Gasteiger partial charge in [0.15, 0.2) is 0 Å². The molecular formula is C14H18N2O3S. The van der Waals surface area contributed by atoms with Crippen molar-refractivity contribution in [3.63, 3.8) is 0 Å². The van der Waals surface area contributed by atoms with Crippen LogP contribution in [-0.2, 0) is 27.8 Å². The molecule has 0 aliphatic heterocycles. The number of hydrogen-bond acceptors (Lipinski definition) is 4. The summed E-state index contributed by atoms with van der Waals surface area (Å²) in [5.41, 5.74) is 1.67. The molecule has 1 atom stereocenters. The van der Waals surface area contributed by atoms with Crippen LogP contribution in [0.5, 0.6) is 0 Å². The van der Waals surface area contributed by atoms with Gasteiger partial charge in [-0.05, 0) is 18.1 Å². The van der Waals surface area contributed by atoms with Crippen LogP contribution in [-0.4, -0.2) is 32.4 Å². The van der Waals surface area contributed by atoms with Crippen molar-refractivity contribution in [1.29, 1.82) is 0 Å². The lowest BCUT2D eigenvalue weighted by Crippen LogP contribution is -2.22. The Hall–Kier alpha value is -1.53. The maximum Gasteiger partial charge on any atom is 0.356 e. The fraction of sp³-hybridized carbons (Fsp3) is 0.429. The number of aromatic nitrogens is 2. The Balaban J connectivity index is 2.09. The molecule has 0 bridgehead atoms. The molecule has 0 N–H and O–H groups in total. The fourth-order valence-electron chi connectivity index (χ4n) is 1.80. The lowest BCUT2D eigenvalue weighted by atomic mass is 10.2. The summed E-state index contributed by atoms with van der Waals surface area (Å²) in [5.74, 6) is -0.351. The smallest absolute Gasteiger partial charge is 0.356 e. The third-order valence-electron chi connectivity index (χ3n) is 2.78. The minimum Gasteiger partial charge on any atom is -0.609 e. The molecule has 0 aliphatic rings. The van der Waals surface area contributed by atoms with Gasteiger partial charge in [0.1, 0.15) is 0 Å². The predicted octanol–water partition coefficient (Wildman–Crippen LogP) is 1.88. The van der Waals surface area contributed by atoms with Crippen molar-refractivity contribution < 1.29 is 14.1 Å². The van der Waals surface area contributed by atoms with Crippen molar-refractivity contribution in [2.75, 3.05) is 12.4 Å². The van der Waals surface area contributed by atoms with E-state index in [-0.39, 0.29) is 11.7 Å². The summed E-state index contributed by atoms with van der Waals surface area (Å²) in [6.45, 7) is 4.25. The fourth-order valence-corrected chi connectivity index (χ4v) is 2.83. The molecule has 1 heterocycles. The molecule has 6 heteroatoms. The van der Waals surface area contributed by atoms with E-state index in [1.165, 1.54) is 0 Å². The van der Waals surface area contributed by atoms with Crippen molar-refractivity contribution in [2.45, 2.75) is 19.0 Å². The topological polar surface area (TPSA) is 67.2 Å². The van der Waals surface area contributed by atoms with E-state index in [9.17, 15) is 9.35 Å². The third-order valence-corrected chi connectivity index (χ3v) is 4.05. The highest BCUT2D eigenvalue weighted by atomic mass is 32.2. The zero-order valence-corrected chi connectivity index (χ0v) is 12.6. The number of benzene rings is 1. The Labute approximate surface area is 121 Å². The Morgan fingerprint density at radius 3 is 2.80 bits per heavy atom. The van der Waals surface area contributed by atoms with Gasteiger partial charge in [0, 0.05) is 18.2 Å². The van der Waals surface area contributed by atoms with E-state index in [2.05, 4.69) is 4.98 Å². The number of rotatable bonds is 5. The number of ether oxygens (including phenoxy) is 1. The van der Waals surface area contributed by atoms with Gasteiger partial charge < -0.3 is 9.29 Å². The molecule has 0 spiro atoms. The van der Waals surface area contributed by atoms with E-state index >= 15 is 0 Å². The van der Waals surface area contributed by atoms with Gasteiger partial charge in [-0.1, -0.05) is 26.0 Å². The average Bonchev–Trinajstić information content (AvgIpc) is 2.74. The summed E-state index contributed by atoms with van der Waals surface area (Å²) in [4.78, 5) is 15.9. The zero-order chi connectivity index (χ0) is 14.7. The molecule has 0 saturated heterocycles. The summed E-state index contributed by atoms with van der Waals surface area (Å²) < 4.78 is 19.0. The maximum atomic E-state index is 12.2. The number of fused-ring (bicyclic) bond motifs is 1. The molecule has 5 nitrogen and oxygen atoms in total. The number of hydrogen-bond donors (Lipinski definition) is 0. The largest absolute Gasteiger partial charge is 0.609 e. The second-order valence-corrected chi connectivity index (χ2v) is 6.35. The molecular weight excluding hydrogens is 276 g/mol. The summed E-state index contributed by atoms with van der Waals surface area (Å²) in [7, 11) is 1.79. The third kappa shape index (κ3) is 3.32. The lowest BCUT2D eigenvalue weighted by Gasteiger charge is -2.10. The van der Waals surface area contributed by atoms with Gasteiger partial charge in [-0.15, -0.1) is 0 Å². The summed E-state index contributed by atoms with van der Waals surface area (Å²) >= 11 is -1.50. The lowest BCUT2D eigenvalue weighted by molar-refractivity contribution is -0.141. The molecule has 108 valence electrons. The van der Waals surface area contributed by atoms with E-state index in [0.29, 0.717) is 11.8 Å². The van der Waals surface area contributed by atoms with Gasteiger partial charge in [0.25, 0.3) is 0 Å². The second kappa shape index (κ2) is 6.28. The molecule has 1 aromatic carbocycles. The minimum absolute atomic E-state index is 0.163. The van der Waals surface area contributed by atoms with E-state index in [4.69, 9.17) is 4.74 Å². The molecule has 0 unspecified atom stereocenters. The number of nitrogens with zero attached hydrogens (tertiary/aromatic N) is 2. The van der Waals surface area contributed by atoms with Crippen molar-refractivity contribution in [2.24, 2.45) is 13.0 Å². The van der Waals surface area contributed by atoms with E-state index in [1.807, 2.05) is 38.1 Å². The number of carbonyl (C=O) groups is 1. The molecule has 0 fully saturated rings. The van der Waals surface area contributed by atoms with Crippen LogP contribution in [0.25, 0.3) is 11.0 Å². The quantitative estimate of drug-likeness (QED) is 0.624. The number of aryl methyl sites for hydroxylation is 1. The number of para-hydroxylation sites is 2. The first kappa shape index (κ1) is 14.9. The molecule has 2 aromatic rings. The van der Waals surface area contributed by atoms with Gasteiger partial charge in [0.05, 0.1) is 17.6 Å². The van der Waals surface area contributed by atoms with E-state index in [0.717, 1.165) is 11.0 Å². The van der Waals surface area contributed by atoms with Gasteiger partial charge in [-0.25, -0.2) is 4.79 Å². The number of carbonyl (C=O) groups excluding carboxylic acids is 1. The van der Waals surface area contributed by atoms with Crippen molar-refractivity contribution in [3.8, 4) is 0 Å². The minimum atomic E-state index is -1.50. The van der Waals surface area contributed by atoms with Crippen molar-refractivity contribution in [1.82, 2.24) is 9.55 Å². The molecule has 2 rings (SSSR count). The molecule has 20 heavy (non-hydrogen) atoms. The normalized spacial score (nSPS) is 12.8. The van der Waals surface area contributed by atoms with Crippen LogP contribution in [0.15, 0.2) is 29.4 Å². The highest BCUT2D eigenvalue weighted by molar-refractivity contribution is 7.91. The summed E-state index contributed by atoms with van der Waals surface area (Å²) in [6, 6.07) is 7.53. The number of imidazole rings is 1. The molecule has 0 saturated carbocycles. The SMILES string of the molecule is CC(C)COC(=O)C[S@+]([O-])c1nc2ccccc2n1C. The van der Waals surface area contributed by atoms with Crippen LogP contribution in [0.3, 0.4) is 0 Å². The highest BCUT2D eigenvalue weighted by Gasteiger charge is 2.24. The highest BCUT2D eigenvalue weighted by Crippen LogP contribution is 2.18. The Morgan fingerprint density at radius 1 is 1.45 bits per heavy atom. The van der Waals surface area contributed by atoms with E-state index in [1.54, 1.807) is 11.6 Å². The van der Waals surface area contributed by atoms with Crippen LogP contribution in [0, 0.1) is 5.92 Å². The monoisotopic (exact) mass is 294 g/mol. The van der Waals surface area contributed by atoms with Crippen LogP contribution in [0.2, 0.25) is 0 Å². The van der Waals surface area contributed by atoms with Crippen LogP contribution >= 0.6 is 0 Å². The summed E-state index contributed by atoms with van der Waals surface area (Å²) in [5, 5.41) is 0.396. The van der Waals surface area contributed by atoms with Gasteiger partial charge in [0.2, 0.25) is 5.75 Å². The number of esters is 1. The molecule has 1 aromatic heterocycles. The van der Waals surface area contributed by atoms with E-state index < -0.39 is 17.1 Å². The van der Waals surface area contributed by atoms with Crippen LogP contribution in [0.1, 0.15) is 13.8 Å². The maximum absolute atomic E-state index is 12.2. The van der Waals surface area contributed by atoms with Gasteiger partial charge in [-0.2, -0.15) is 4.98 Å². The predicted molar refractivity (Wildman–Crippen MR) is 77.8 cm³/mol. The van der Waals surface area contributed by atoms with Gasteiger partial charge >= 0.3 is 11.1 Å². The molecule has 0 aliphatic carbocycles. The first-order valence-corrected chi connectivity index (χ1v) is 7.76. The van der Waals surface area contributed by atoms with Crippen molar-refractivity contribution >= 4 is 28.2 Å². The Kier molecular flexibility index (Phi) is 4.67. The first-order chi connectivity index (χ1) is 9.49. The van der Waals surface area contributed by atoms with Crippen LogP contribution < -0.4 is 0 Å². The standard InChI is InChI=1S/C14H18N2O3S/c1-10(2)8-19-13(17)9-20(18)14-15-11-6-4-5-7-12(11)16(14)3/h4-7,10H,8-9H2,1-3H3/t20-/m0/s1. The molecule has 0 radical (unpaired) electrons. The Bertz CT molecular complexity index is 609.